The molecular formula is C17H18F3N3O. The molecule has 0 aliphatic heterocycles. The average molecular weight is 337 g/mol. The summed E-state index contributed by atoms with van der Waals surface area (Å²) in [6.07, 6.45) is -4.49. The molecule has 0 heterocycles. The molecule has 0 aliphatic rings. The second-order valence-corrected chi connectivity index (χ2v) is 5.21. The normalized spacial score (nSPS) is 12.1. The fraction of sp³-hybridized carbons (Fsp3) is 0.235. The Labute approximate surface area is 138 Å². The number of nitrogens with zero attached hydrogens (tertiary/aromatic N) is 1. The highest BCUT2D eigenvalue weighted by atomic mass is 19.4. The second kappa shape index (κ2) is 7.25. The van der Waals surface area contributed by atoms with E-state index < -0.39 is 11.7 Å². The zero-order chi connectivity index (χ0) is 17.7. The van der Waals surface area contributed by atoms with Crippen molar-refractivity contribution in [1.29, 1.82) is 0 Å². The van der Waals surface area contributed by atoms with Gasteiger partial charge in [0.2, 0.25) is 0 Å². The summed E-state index contributed by atoms with van der Waals surface area (Å²) in [6, 6.07) is 11.2. The van der Waals surface area contributed by atoms with Crippen molar-refractivity contribution in [1.82, 2.24) is 0 Å². The van der Waals surface area contributed by atoms with Crippen LogP contribution < -0.4 is 15.8 Å². The van der Waals surface area contributed by atoms with Crippen molar-refractivity contribution in [2.45, 2.75) is 19.6 Å². The SMILES string of the molecule is COc1ccc(CN=C(N)Nc2ccc(C)cc2)c(C(F)(F)F)c1. The van der Waals surface area contributed by atoms with Gasteiger partial charge in [0.15, 0.2) is 5.96 Å². The van der Waals surface area contributed by atoms with Gasteiger partial charge in [-0.05, 0) is 36.8 Å². The van der Waals surface area contributed by atoms with Gasteiger partial charge < -0.3 is 15.8 Å². The van der Waals surface area contributed by atoms with Crippen LogP contribution in [0.2, 0.25) is 0 Å². The van der Waals surface area contributed by atoms with Crippen LogP contribution in [-0.4, -0.2) is 13.1 Å². The summed E-state index contributed by atoms with van der Waals surface area (Å²) in [5.41, 5.74) is 6.78. The maximum atomic E-state index is 13.1. The van der Waals surface area contributed by atoms with E-state index in [-0.39, 0.29) is 23.8 Å². The highest BCUT2D eigenvalue weighted by Gasteiger charge is 2.33. The Balaban J connectivity index is 2.16. The lowest BCUT2D eigenvalue weighted by Crippen LogP contribution is -2.22. The molecule has 24 heavy (non-hydrogen) atoms. The number of hydrogen-bond acceptors (Lipinski definition) is 2. The van der Waals surface area contributed by atoms with Crippen LogP contribution in [0.15, 0.2) is 47.5 Å². The van der Waals surface area contributed by atoms with Gasteiger partial charge in [0.25, 0.3) is 0 Å². The Kier molecular flexibility index (Phi) is 5.33. The minimum absolute atomic E-state index is 0.0250. The molecule has 0 amide bonds. The van der Waals surface area contributed by atoms with E-state index in [0.29, 0.717) is 5.69 Å². The molecule has 0 aromatic heterocycles. The minimum Gasteiger partial charge on any atom is -0.497 e. The van der Waals surface area contributed by atoms with E-state index in [1.165, 1.54) is 19.2 Å². The van der Waals surface area contributed by atoms with Crippen molar-refractivity contribution in [3.8, 4) is 5.75 Å². The van der Waals surface area contributed by atoms with Gasteiger partial charge in [0.1, 0.15) is 5.75 Å². The summed E-state index contributed by atoms with van der Waals surface area (Å²) in [7, 11) is 1.32. The fourth-order valence-corrected chi connectivity index (χ4v) is 2.08. The van der Waals surface area contributed by atoms with Crippen LogP contribution in [0.1, 0.15) is 16.7 Å². The van der Waals surface area contributed by atoms with E-state index in [0.717, 1.165) is 11.6 Å². The van der Waals surface area contributed by atoms with Gasteiger partial charge in [-0.2, -0.15) is 13.2 Å². The van der Waals surface area contributed by atoms with Crippen molar-refractivity contribution in [3.05, 3.63) is 59.2 Å². The third-order valence-corrected chi connectivity index (χ3v) is 3.37. The number of nitrogens with one attached hydrogen (secondary N) is 1. The number of anilines is 1. The lowest BCUT2D eigenvalue weighted by molar-refractivity contribution is -0.138. The average Bonchev–Trinajstić information content (AvgIpc) is 2.54. The molecule has 0 saturated heterocycles. The predicted molar refractivity (Wildman–Crippen MR) is 88.1 cm³/mol. The molecule has 2 rings (SSSR count). The number of ether oxygens (including phenoxy) is 1. The topological polar surface area (TPSA) is 59.6 Å². The molecule has 0 atom stereocenters. The number of methoxy groups -OCH3 is 1. The minimum atomic E-state index is -4.49. The van der Waals surface area contributed by atoms with Gasteiger partial charge in [-0.3, -0.25) is 0 Å². The highest BCUT2D eigenvalue weighted by Crippen LogP contribution is 2.34. The number of hydrogen-bond donors (Lipinski definition) is 2. The van der Waals surface area contributed by atoms with Crippen molar-refractivity contribution in [2.24, 2.45) is 10.7 Å². The zero-order valence-corrected chi connectivity index (χ0v) is 13.3. The first-order chi connectivity index (χ1) is 11.3. The zero-order valence-electron chi connectivity index (χ0n) is 13.3. The maximum Gasteiger partial charge on any atom is 0.416 e. The number of alkyl halides is 3. The summed E-state index contributed by atoms with van der Waals surface area (Å²) in [4.78, 5) is 3.98. The van der Waals surface area contributed by atoms with Crippen LogP contribution in [0.25, 0.3) is 0 Å². The summed E-state index contributed by atoms with van der Waals surface area (Å²) >= 11 is 0. The van der Waals surface area contributed by atoms with Crippen molar-refractivity contribution >= 4 is 11.6 Å². The van der Waals surface area contributed by atoms with Crippen LogP contribution in [-0.2, 0) is 12.7 Å². The molecule has 0 unspecified atom stereocenters. The van der Waals surface area contributed by atoms with Crippen LogP contribution >= 0.6 is 0 Å². The van der Waals surface area contributed by atoms with Gasteiger partial charge in [0, 0.05) is 5.69 Å². The maximum absolute atomic E-state index is 13.1. The highest BCUT2D eigenvalue weighted by molar-refractivity contribution is 5.92. The third kappa shape index (κ3) is 4.65. The standard InChI is InChI=1S/C17H18F3N3O/c1-11-3-6-13(7-4-11)23-16(21)22-10-12-5-8-14(24-2)9-15(12)17(18,19)20/h3-9H,10H2,1-2H3,(H3,21,22,23). The lowest BCUT2D eigenvalue weighted by atomic mass is 10.1. The monoisotopic (exact) mass is 337 g/mol. The molecule has 0 spiro atoms. The largest absolute Gasteiger partial charge is 0.497 e. The number of benzene rings is 2. The van der Waals surface area contributed by atoms with Gasteiger partial charge >= 0.3 is 6.18 Å². The number of nitrogens with two attached hydrogens (primary N) is 1. The van der Waals surface area contributed by atoms with Crippen LogP contribution in [0.5, 0.6) is 5.75 Å². The van der Waals surface area contributed by atoms with Gasteiger partial charge in [-0.25, -0.2) is 4.99 Å². The van der Waals surface area contributed by atoms with E-state index in [2.05, 4.69) is 10.3 Å². The number of guanidine groups is 1. The second-order valence-electron chi connectivity index (χ2n) is 5.21. The molecule has 0 radical (unpaired) electrons. The van der Waals surface area contributed by atoms with Crippen molar-refractivity contribution in [3.63, 3.8) is 0 Å². The summed E-state index contributed by atoms with van der Waals surface area (Å²) < 4.78 is 44.2. The molecule has 0 saturated carbocycles. The van der Waals surface area contributed by atoms with Crippen LogP contribution in [0.3, 0.4) is 0 Å². The summed E-state index contributed by atoms with van der Waals surface area (Å²) in [5.74, 6) is 0.184. The van der Waals surface area contributed by atoms with Crippen LogP contribution in [0, 0.1) is 6.92 Å². The quantitative estimate of drug-likeness (QED) is 0.656. The number of aryl methyl sites for hydroxylation is 1. The lowest BCUT2D eigenvalue weighted by Gasteiger charge is -2.13. The van der Waals surface area contributed by atoms with E-state index in [9.17, 15) is 13.2 Å². The Morgan fingerprint density at radius 2 is 1.83 bits per heavy atom. The molecule has 2 aromatic carbocycles. The van der Waals surface area contributed by atoms with Crippen LogP contribution in [0.4, 0.5) is 18.9 Å². The Hall–Kier alpha value is -2.70. The molecular weight excluding hydrogens is 319 g/mol. The number of halogens is 3. The van der Waals surface area contributed by atoms with Gasteiger partial charge in [-0.15, -0.1) is 0 Å². The fourth-order valence-electron chi connectivity index (χ4n) is 2.08. The first-order valence-corrected chi connectivity index (χ1v) is 7.17. The third-order valence-electron chi connectivity index (χ3n) is 3.37. The summed E-state index contributed by atoms with van der Waals surface area (Å²) in [5, 5.41) is 2.84. The van der Waals surface area contributed by atoms with Gasteiger partial charge in [0.05, 0.1) is 19.2 Å². The molecule has 0 bridgehead atoms. The van der Waals surface area contributed by atoms with E-state index in [1.54, 1.807) is 0 Å². The van der Waals surface area contributed by atoms with Gasteiger partial charge in [-0.1, -0.05) is 23.8 Å². The molecule has 7 heteroatoms. The molecule has 4 nitrogen and oxygen atoms in total. The molecule has 0 fully saturated rings. The van der Waals surface area contributed by atoms with E-state index in [1.807, 2.05) is 31.2 Å². The predicted octanol–water partition coefficient (Wildman–Crippen LogP) is 3.95. The smallest absolute Gasteiger partial charge is 0.416 e. The molecule has 128 valence electrons. The Bertz CT molecular complexity index is 725. The first kappa shape index (κ1) is 17.7. The van der Waals surface area contributed by atoms with E-state index in [4.69, 9.17) is 10.5 Å². The van der Waals surface area contributed by atoms with Crippen molar-refractivity contribution < 1.29 is 17.9 Å². The first-order valence-electron chi connectivity index (χ1n) is 7.17. The summed E-state index contributed by atoms with van der Waals surface area (Å²) in [6.45, 7) is 1.76. The van der Waals surface area contributed by atoms with E-state index >= 15 is 0 Å². The molecule has 0 aliphatic carbocycles. The molecule has 2 aromatic rings. The Morgan fingerprint density at radius 3 is 2.42 bits per heavy atom. The molecule has 3 N–H and O–H groups in total. The number of rotatable bonds is 4. The number of aliphatic imine (C=N–C) groups is 1. The van der Waals surface area contributed by atoms with Crippen molar-refractivity contribution in [2.75, 3.05) is 12.4 Å². The Morgan fingerprint density at radius 1 is 1.17 bits per heavy atom.